The largest absolute Gasteiger partial charge is 0.467 e. The number of thioether (sulfide) groups is 1. The van der Waals surface area contributed by atoms with E-state index in [0.717, 1.165) is 11.6 Å². The first-order chi connectivity index (χ1) is 12.4. The van der Waals surface area contributed by atoms with Gasteiger partial charge in [0.2, 0.25) is 5.91 Å². The average Bonchev–Trinajstić information content (AvgIpc) is 3.31. The average molecular weight is 375 g/mol. The zero-order valence-corrected chi connectivity index (χ0v) is 15.9. The minimum atomic E-state index is -0.383. The highest BCUT2D eigenvalue weighted by Gasteiger charge is 2.22. The summed E-state index contributed by atoms with van der Waals surface area (Å²) in [5.74, 6) is 2.73. The number of nitrogens with one attached hydrogen (secondary N) is 1. The molecule has 3 aromatic rings. The number of anilines is 1. The Kier molecular flexibility index (Phi) is 5.46. The van der Waals surface area contributed by atoms with Crippen LogP contribution in [0.4, 0.5) is 5.82 Å². The molecule has 0 aliphatic rings. The second-order valence-electron chi connectivity index (χ2n) is 6.23. The van der Waals surface area contributed by atoms with Crippen LogP contribution in [0.25, 0.3) is 0 Å². The molecular formula is C17H21N5O3S. The van der Waals surface area contributed by atoms with Crippen LogP contribution in [0.15, 0.2) is 38.6 Å². The third-order valence-electron chi connectivity index (χ3n) is 3.69. The van der Waals surface area contributed by atoms with Crippen molar-refractivity contribution in [2.24, 2.45) is 0 Å². The van der Waals surface area contributed by atoms with Crippen molar-refractivity contribution in [3.05, 3.63) is 41.8 Å². The molecule has 8 nitrogen and oxygen atoms in total. The summed E-state index contributed by atoms with van der Waals surface area (Å²) in [5, 5.41) is 15.4. The van der Waals surface area contributed by atoms with Crippen molar-refractivity contribution < 1.29 is 13.7 Å². The van der Waals surface area contributed by atoms with Crippen LogP contribution in [0, 0.1) is 6.92 Å². The van der Waals surface area contributed by atoms with Gasteiger partial charge in [-0.15, -0.1) is 10.2 Å². The smallest absolute Gasteiger partial charge is 0.238 e. The second kappa shape index (κ2) is 7.77. The van der Waals surface area contributed by atoms with Crippen LogP contribution in [-0.2, 0) is 11.3 Å². The number of carbonyl (C=O) groups excluding carboxylic acids is 1. The van der Waals surface area contributed by atoms with E-state index in [4.69, 9.17) is 8.94 Å². The van der Waals surface area contributed by atoms with Crippen molar-refractivity contribution >= 4 is 23.5 Å². The van der Waals surface area contributed by atoms with E-state index >= 15 is 0 Å². The van der Waals surface area contributed by atoms with Crippen LogP contribution >= 0.6 is 11.8 Å². The van der Waals surface area contributed by atoms with Gasteiger partial charge in [-0.2, -0.15) is 0 Å². The molecule has 0 fully saturated rings. The molecule has 0 aliphatic heterocycles. The molecule has 0 spiro atoms. The molecule has 0 saturated heterocycles. The SMILES string of the molecule is Cc1cc(NC(=O)C(C)Sc2nnc(C(C)C)n2Cc2ccco2)no1. The Labute approximate surface area is 155 Å². The topological polar surface area (TPSA) is 99.0 Å². The molecule has 1 N–H and O–H groups in total. The lowest BCUT2D eigenvalue weighted by molar-refractivity contribution is -0.115. The van der Waals surface area contributed by atoms with Crippen molar-refractivity contribution in [3.63, 3.8) is 0 Å². The Hall–Kier alpha value is -2.55. The Morgan fingerprint density at radius 1 is 1.35 bits per heavy atom. The van der Waals surface area contributed by atoms with E-state index in [2.05, 4.69) is 34.5 Å². The lowest BCUT2D eigenvalue weighted by Crippen LogP contribution is -2.23. The number of rotatable bonds is 7. The molecule has 1 amide bonds. The van der Waals surface area contributed by atoms with Gasteiger partial charge in [-0.25, -0.2) is 0 Å². The molecule has 1 unspecified atom stereocenters. The summed E-state index contributed by atoms with van der Waals surface area (Å²) in [7, 11) is 0. The highest BCUT2D eigenvalue weighted by molar-refractivity contribution is 8.00. The van der Waals surface area contributed by atoms with E-state index in [1.807, 2.05) is 23.6 Å². The van der Waals surface area contributed by atoms with E-state index in [-0.39, 0.29) is 17.1 Å². The van der Waals surface area contributed by atoms with Gasteiger partial charge >= 0.3 is 0 Å². The molecule has 3 heterocycles. The molecule has 26 heavy (non-hydrogen) atoms. The number of amides is 1. The van der Waals surface area contributed by atoms with Gasteiger partial charge in [0.15, 0.2) is 11.0 Å². The monoisotopic (exact) mass is 375 g/mol. The summed E-state index contributed by atoms with van der Waals surface area (Å²) in [5.41, 5.74) is 0. The highest BCUT2D eigenvalue weighted by Crippen LogP contribution is 2.26. The molecule has 3 rings (SSSR count). The Bertz CT molecular complexity index is 869. The predicted molar refractivity (Wildman–Crippen MR) is 97.1 cm³/mol. The highest BCUT2D eigenvalue weighted by atomic mass is 32.2. The third-order valence-corrected chi connectivity index (χ3v) is 4.77. The maximum Gasteiger partial charge on any atom is 0.238 e. The van der Waals surface area contributed by atoms with E-state index in [1.165, 1.54) is 11.8 Å². The van der Waals surface area contributed by atoms with Gasteiger partial charge in [-0.3, -0.25) is 9.36 Å². The minimum absolute atomic E-state index is 0.179. The van der Waals surface area contributed by atoms with Crippen molar-refractivity contribution in [2.75, 3.05) is 5.32 Å². The first kappa shape index (κ1) is 18.2. The minimum Gasteiger partial charge on any atom is -0.467 e. The molecule has 138 valence electrons. The molecule has 0 aliphatic carbocycles. The Morgan fingerprint density at radius 3 is 2.77 bits per heavy atom. The van der Waals surface area contributed by atoms with E-state index in [0.29, 0.717) is 23.3 Å². The number of aryl methyl sites for hydroxylation is 1. The fourth-order valence-corrected chi connectivity index (χ4v) is 3.24. The van der Waals surface area contributed by atoms with Gasteiger partial charge in [0, 0.05) is 12.0 Å². The molecule has 9 heteroatoms. The molecule has 3 aromatic heterocycles. The van der Waals surface area contributed by atoms with Gasteiger partial charge < -0.3 is 14.3 Å². The van der Waals surface area contributed by atoms with Crippen molar-refractivity contribution in [1.29, 1.82) is 0 Å². The molecule has 0 bridgehead atoms. The fraction of sp³-hybridized carbons (Fsp3) is 0.412. The van der Waals surface area contributed by atoms with Crippen LogP contribution in [0.3, 0.4) is 0 Å². The predicted octanol–water partition coefficient (Wildman–Crippen LogP) is 3.46. The Balaban J connectivity index is 1.74. The van der Waals surface area contributed by atoms with Crippen LogP contribution < -0.4 is 5.32 Å². The summed E-state index contributed by atoms with van der Waals surface area (Å²) in [6.45, 7) is 8.21. The van der Waals surface area contributed by atoms with Crippen molar-refractivity contribution in [1.82, 2.24) is 19.9 Å². The van der Waals surface area contributed by atoms with Gasteiger partial charge in [-0.1, -0.05) is 30.8 Å². The van der Waals surface area contributed by atoms with Crippen molar-refractivity contribution in [3.8, 4) is 0 Å². The summed E-state index contributed by atoms with van der Waals surface area (Å²) in [6, 6.07) is 5.42. The summed E-state index contributed by atoms with van der Waals surface area (Å²) >= 11 is 1.34. The van der Waals surface area contributed by atoms with Gasteiger partial charge in [0.1, 0.15) is 17.3 Å². The van der Waals surface area contributed by atoms with E-state index in [1.54, 1.807) is 19.3 Å². The number of carbonyl (C=O) groups is 1. The van der Waals surface area contributed by atoms with Gasteiger partial charge in [-0.05, 0) is 26.0 Å². The molecule has 0 radical (unpaired) electrons. The number of hydrogen-bond acceptors (Lipinski definition) is 7. The number of aromatic nitrogens is 4. The maximum atomic E-state index is 12.4. The zero-order valence-electron chi connectivity index (χ0n) is 15.1. The Morgan fingerprint density at radius 2 is 2.15 bits per heavy atom. The van der Waals surface area contributed by atoms with Crippen LogP contribution in [-0.4, -0.2) is 31.1 Å². The van der Waals surface area contributed by atoms with Crippen LogP contribution in [0.5, 0.6) is 0 Å². The molecule has 0 aromatic carbocycles. The third kappa shape index (κ3) is 4.16. The standard InChI is InChI=1S/C17H21N5O3S/c1-10(2)15-19-20-17(22(15)9-13-6-5-7-24-13)26-12(4)16(23)18-14-8-11(3)25-21-14/h5-8,10,12H,9H2,1-4H3,(H,18,21,23). The first-order valence-electron chi connectivity index (χ1n) is 8.30. The second-order valence-corrected chi connectivity index (χ2v) is 7.54. The first-order valence-corrected chi connectivity index (χ1v) is 9.18. The lowest BCUT2D eigenvalue weighted by atomic mass is 10.2. The van der Waals surface area contributed by atoms with Gasteiger partial charge in [0.05, 0.1) is 18.1 Å². The van der Waals surface area contributed by atoms with Gasteiger partial charge in [0.25, 0.3) is 0 Å². The zero-order chi connectivity index (χ0) is 18.7. The number of furan rings is 1. The molecular weight excluding hydrogens is 354 g/mol. The molecule has 1 atom stereocenters. The maximum absolute atomic E-state index is 12.4. The van der Waals surface area contributed by atoms with E-state index in [9.17, 15) is 4.79 Å². The normalized spacial score (nSPS) is 12.5. The fourth-order valence-electron chi connectivity index (χ4n) is 2.39. The van der Waals surface area contributed by atoms with E-state index < -0.39 is 0 Å². The van der Waals surface area contributed by atoms with Crippen LogP contribution in [0.1, 0.15) is 44.0 Å². The van der Waals surface area contributed by atoms with Crippen LogP contribution in [0.2, 0.25) is 0 Å². The number of nitrogens with zero attached hydrogens (tertiary/aromatic N) is 4. The number of hydrogen-bond donors (Lipinski definition) is 1. The lowest BCUT2D eigenvalue weighted by Gasteiger charge is -2.13. The van der Waals surface area contributed by atoms with Crippen molar-refractivity contribution in [2.45, 2.75) is 50.6 Å². The summed E-state index contributed by atoms with van der Waals surface area (Å²) in [4.78, 5) is 12.4. The summed E-state index contributed by atoms with van der Waals surface area (Å²) < 4.78 is 12.4. The summed E-state index contributed by atoms with van der Waals surface area (Å²) in [6.07, 6.45) is 1.64. The quantitative estimate of drug-likeness (QED) is 0.631. The molecule has 0 saturated carbocycles.